The third kappa shape index (κ3) is 1.26. The Hall–Kier alpha value is -0.820. The Balaban J connectivity index is 2.01. The van der Waals surface area contributed by atoms with E-state index in [0.29, 0.717) is 17.9 Å². The molecule has 2 fully saturated rings. The van der Waals surface area contributed by atoms with Gasteiger partial charge in [-0.2, -0.15) is 0 Å². The normalized spacial score (nSPS) is 34.1. The minimum atomic E-state index is 0.361. The largest absolute Gasteiger partial charge is 0.396 e. The highest BCUT2D eigenvalue weighted by molar-refractivity contribution is 5.42. The molecule has 1 nitrogen and oxygen atoms in total. The first-order valence-corrected chi connectivity index (χ1v) is 5.96. The molecule has 0 amide bonds. The summed E-state index contributed by atoms with van der Waals surface area (Å²) in [6.45, 7) is 2.57. The molecule has 2 aliphatic rings. The van der Waals surface area contributed by atoms with Gasteiger partial charge in [0.1, 0.15) is 0 Å². The second-order valence-electron chi connectivity index (χ2n) is 5.21. The van der Waals surface area contributed by atoms with Crippen molar-refractivity contribution in [2.75, 3.05) is 6.61 Å². The second kappa shape index (κ2) is 3.08. The molecule has 1 aromatic carbocycles. The molecule has 0 aromatic heterocycles. The molecule has 1 N–H and O–H groups in total. The van der Waals surface area contributed by atoms with Crippen LogP contribution in [0.5, 0.6) is 0 Å². The number of hydrogen-bond donors (Lipinski definition) is 1. The number of benzene rings is 1. The van der Waals surface area contributed by atoms with Crippen LogP contribution < -0.4 is 0 Å². The van der Waals surface area contributed by atoms with Gasteiger partial charge >= 0.3 is 0 Å². The SMILES string of the molecule is Cc1ccccc1C1(C2CC2)CC1CO. The number of hydrogen-bond acceptors (Lipinski definition) is 1. The fourth-order valence-corrected chi connectivity index (χ4v) is 3.32. The summed E-state index contributed by atoms with van der Waals surface area (Å²) in [6.07, 6.45) is 3.94. The molecule has 1 heteroatoms. The molecule has 80 valence electrons. The summed E-state index contributed by atoms with van der Waals surface area (Å²) in [7, 11) is 0. The minimum Gasteiger partial charge on any atom is -0.396 e. The first-order chi connectivity index (χ1) is 7.29. The maximum Gasteiger partial charge on any atom is 0.0468 e. The predicted molar refractivity (Wildman–Crippen MR) is 60.8 cm³/mol. The van der Waals surface area contributed by atoms with Crippen molar-refractivity contribution in [3.8, 4) is 0 Å². The Bertz CT molecular complexity index is 381. The van der Waals surface area contributed by atoms with Gasteiger partial charge < -0.3 is 5.11 Å². The van der Waals surface area contributed by atoms with Gasteiger partial charge in [-0.05, 0) is 49.1 Å². The Labute approximate surface area is 91.1 Å². The van der Waals surface area contributed by atoms with Crippen LogP contribution in [0.3, 0.4) is 0 Å². The summed E-state index contributed by atoms with van der Waals surface area (Å²) in [6, 6.07) is 8.71. The molecule has 0 radical (unpaired) electrons. The smallest absolute Gasteiger partial charge is 0.0468 e. The van der Waals surface area contributed by atoms with Gasteiger partial charge in [-0.15, -0.1) is 0 Å². The first-order valence-electron chi connectivity index (χ1n) is 5.96. The first kappa shape index (κ1) is 9.41. The molecule has 0 spiro atoms. The lowest BCUT2D eigenvalue weighted by atomic mass is 9.85. The Kier molecular flexibility index (Phi) is 1.93. The molecular formula is C14H18O. The number of aryl methyl sites for hydroxylation is 1. The van der Waals surface area contributed by atoms with Crippen LogP contribution >= 0.6 is 0 Å². The van der Waals surface area contributed by atoms with Crippen LogP contribution in [0.2, 0.25) is 0 Å². The van der Waals surface area contributed by atoms with Gasteiger partial charge in [0.15, 0.2) is 0 Å². The van der Waals surface area contributed by atoms with Gasteiger partial charge in [0, 0.05) is 12.0 Å². The summed E-state index contributed by atoms with van der Waals surface area (Å²) in [5.74, 6) is 1.39. The van der Waals surface area contributed by atoms with E-state index in [1.54, 1.807) is 0 Å². The number of aliphatic hydroxyl groups excluding tert-OH is 1. The van der Waals surface area contributed by atoms with Gasteiger partial charge in [-0.25, -0.2) is 0 Å². The maximum atomic E-state index is 9.37. The third-order valence-corrected chi connectivity index (χ3v) is 4.33. The van der Waals surface area contributed by atoms with Gasteiger partial charge in [0.25, 0.3) is 0 Å². The summed E-state index contributed by atoms with van der Waals surface area (Å²) in [5.41, 5.74) is 3.27. The topological polar surface area (TPSA) is 20.2 Å². The molecular weight excluding hydrogens is 184 g/mol. The average molecular weight is 202 g/mol. The van der Waals surface area contributed by atoms with E-state index in [0.717, 1.165) is 5.92 Å². The van der Waals surface area contributed by atoms with Crippen molar-refractivity contribution in [2.45, 2.75) is 31.6 Å². The van der Waals surface area contributed by atoms with Crippen molar-refractivity contribution in [3.05, 3.63) is 35.4 Å². The zero-order valence-electron chi connectivity index (χ0n) is 9.24. The molecule has 2 aliphatic carbocycles. The van der Waals surface area contributed by atoms with Crippen LogP contribution in [-0.4, -0.2) is 11.7 Å². The van der Waals surface area contributed by atoms with Gasteiger partial charge in [-0.1, -0.05) is 24.3 Å². The fourth-order valence-electron chi connectivity index (χ4n) is 3.32. The number of rotatable bonds is 3. The minimum absolute atomic E-state index is 0.361. The quantitative estimate of drug-likeness (QED) is 0.799. The average Bonchev–Trinajstić information content (AvgIpc) is 3.12. The molecule has 0 saturated heterocycles. The van der Waals surface area contributed by atoms with E-state index in [9.17, 15) is 5.11 Å². The van der Waals surface area contributed by atoms with Crippen molar-refractivity contribution < 1.29 is 5.11 Å². The molecule has 1 aromatic rings. The molecule has 0 bridgehead atoms. The zero-order chi connectivity index (χ0) is 10.5. The lowest BCUT2D eigenvalue weighted by Gasteiger charge is -2.19. The van der Waals surface area contributed by atoms with Crippen molar-refractivity contribution in [3.63, 3.8) is 0 Å². The fraction of sp³-hybridized carbons (Fsp3) is 0.571. The predicted octanol–water partition coefficient (Wildman–Crippen LogP) is 2.66. The van der Waals surface area contributed by atoms with E-state index in [4.69, 9.17) is 0 Å². The molecule has 0 heterocycles. The van der Waals surface area contributed by atoms with E-state index in [1.165, 1.54) is 30.4 Å². The molecule has 3 rings (SSSR count). The highest BCUT2D eigenvalue weighted by Crippen LogP contribution is 2.66. The van der Waals surface area contributed by atoms with Crippen molar-refractivity contribution in [1.82, 2.24) is 0 Å². The van der Waals surface area contributed by atoms with Crippen LogP contribution in [0.15, 0.2) is 24.3 Å². The van der Waals surface area contributed by atoms with Crippen LogP contribution in [0.25, 0.3) is 0 Å². The highest BCUT2D eigenvalue weighted by Gasteiger charge is 2.62. The maximum absolute atomic E-state index is 9.37. The van der Waals surface area contributed by atoms with Gasteiger partial charge in [0.05, 0.1) is 0 Å². The monoisotopic (exact) mass is 202 g/mol. The third-order valence-electron chi connectivity index (χ3n) is 4.33. The Morgan fingerprint density at radius 3 is 2.60 bits per heavy atom. The van der Waals surface area contributed by atoms with Gasteiger partial charge in [-0.3, -0.25) is 0 Å². The van der Waals surface area contributed by atoms with E-state index >= 15 is 0 Å². The van der Waals surface area contributed by atoms with E-state index in [-0.39, 0.29) is 0 Å². The van der Waals surface area contributed by atoms with E-state index in [2.05, 4.69) is 31.2 Å². The van der Waals surface area contributed by atoms with Crippen molar-refractivity contribution in [2.24, 2.45) is 11.8 Å². The Morgan fingerprint density at radius 1 is 1.33 bits per heavy atom. The molecule has 15 heavy (non-hydrogen) atoms. The van der Waals surface area contributed by atoms with Crippen molar-refractivity contribution in [1.29, 1.82) is 0 Å². The molecule has 2 saturated carbocycles. The summed E-state index contributed by atoms with van der Waals surface area (Å²) >= 11 is 0. The summed E-state index contributed by atoms with van der Waals surface area (Å²) < 4.78 is 0. The summed E-state index contributed by atoms with van der Waals surface area (Å²) in [4.78, 5) is 0. The van der Waals surface area contributed by atoms with E-state index in [1.807, 2.05) is 0 Å². The summed E-state index contributed by atoms with van der Waals surface area (Å²) in [5, 5.41) is 9.37. The molecule has 0 aliphatic heterocycles. The van der Waals surface area contributed by atoms with Gasteiger partial charge in [0.2, 0.25) is 0 Å². The van der Waals surface area contributed by atoms with Crippen LogP contribution in [0.4, 0.5) is 0 Å². The van der Waals surface area contributed by atoms with Crippen LogP contribution in [0.1, 0.15) is 30.4 Å². The molecule has 2 atom stereocenters. The second-order valence-corrected chi connectivity index (χ2v) is 5.21. The van der Waals surface area contributed by atoms with Crippen molar-refractivity contribution >= 4 is 0 Å². The highest BCUT2D eigenvalue weighted by atomic mass is 16.3. The number of aliphatic hydroxyl groups is 1. The standard InChI is InChI=1S/C14H18O/c1-10-4-2-3-5-13(10)14(11-6-7-11)8-12(14)9-15/h2-5,11-12,15H,6-9H2,1H3. The van der Waals surface area contributed by atoms with Crippen LogP contribution in [-0.2, 0) is 5.41 Å². The molecule has 2 unspecified atom stereocenters. The zero-order valence-corrected chi connectivity index (χ0v) is 9.24. The lowest BCUT2D eigenvalue weighted by Crippen LogP contribution is -2.16. The Morgan fingerprint density at radius 2 is 2.07 bits per heavy atom. The lowest BCUT2D eigenvalue weighted by molar-refractivity contribution is 0.259. The van der Waals surface area contributed by atoms with Crippen LogP contribution in [0, 0.1) is 18.8 Å². The van der Waals surface area contributed by atoms with E-state index < -0.39 is 0 Å².